The van der Waals surface area contributed by atoms with Crippen molar-refractivity contribution in [1.82, 2.24) is 0 Å². The molecule has 0 amide bonds. The van der Waals surface area contributed by atoms with E-state index in [1.165, 1.54) is 44.9 Å². The van der Waals surface area contributed by atoms with Crippen molar-refractivity contribution in [2.24, 2.45) is 0 Å². The molecule has 0 saturated heterocycles. The van der Waals surface area contributed by atoms with Gasteiger partial charge in [-0.2, -0.15) is 0 Å². The molecule has 0 heterocycles. The quantitative estimate of drug-likeness (QED) is 0.193. The zero-order valence-electron chi connectivity index (χ0n) is 16.5. The second kappa shape index (κ2) is 11.5. The van der Waals surface area contributed by atoms with Crippen molar-refractivity contribution in [2.75, 3.05) is 0 Å². The molecule has 0 aromatic carbocycles. The summed E-state index contributed by atoms with van der Waals surface area (Å²) in [7, 11) is -1.69. The molecule has 0 aliphatic carbocycles. The third kappa shape index (κ3) is 7.00. The van der Waals surface area contributed by atoms with Crippen LogP contribution >= 0.6 is 0 Å². The van der Waals surface area contributed by atoms with E-state index in [0.29, 0.717) is 22.7 Å². The van der Waals surface area contributed by atoms with Gasteiger partial charge in [-0.05, 0) is 42.8 Å². The van der Waals surface area contributed by atoms with Gasteiger partial charge in [-0.25, -0.2) is 0 Å². The highest BCUT2D eigenvalue weighted by atomic mass is 28.4. The molecule has 0 aliphatic rings. The molecule has 132 valence electrons. The van der Waals surface area contributed by atoms with Gasteiger partial charge < -0.3 is 4.43 Å². The fraction of sp³-hybridized carbons (Fsp3) is 0.900. The molecule has 0 aromatic rings. The minimum atomic E-state index is -1.69. The first-order valence-electron chi connectivity index (χ1n) is 9.57. The monoisotopic (exact) mass is 326 g/mol. The van der Waals surface area contributed by atoms with Gasteiger partial charge >= 0.3 is 0 Å². The van der Waals surface area contributed by atoms with E-state index in [0.717, 1.165) is 0 Å². The summed E-state index contributed by atoms with van der Waals surface area (Å²) in [5.41, 5.74) is 2.07. The second-order valence-electron chi connectivity index (χ2n) is 7.88. The molecule has 0 rings (SSSR count). The summed E-state index contributed by atoms with van der Waals surface area (Å²) in [5, 5.41) is 0. The van der Waals surface area contributed by atoms with Crippen molar-refractivity contribution in [3.05, 3.63) is 12.7 Å². The predicted molar refractivity (Wildman–Crippen MR) is 104 cm³/mol. The topological polar surface area (TPSA) is 9.23 Å². The third-order valence-corrected chi connectivity index (χ3v) is 11.4. The van der Waals surface area contributed by atoms with Crippen LogP contribution in [0.3, 0.4) is 0 Å². The summed E-state index contributed by atoms with van der Waals surface area (Å²) in [5.74, 6) is 0. The average Bonchev–Trinajstić information content (AvgIpc) is 2.42. The van der Waals surface area contributed by atoms with E-state index in [2.05, 4.69) is 55.0 Å². The highest BCUT2D eigenvalue weighted by molar-refractivity contribution is 6.77. The number of hydrogen-bond donors (Lipinski definition) is 0. The minimum absolute atomic E-state index is 0.423. The molecule has 0 bridgehead atoms. The Morgan fingerprint density at radius 3 is 1.68 bits per heavy atom. The van der Waals surface area contributed by atoms with E-state index in [1.807, 2.05) is 6.08 Å². The van der Waals surface area contributed by atoms with E-state index < -0.39 is 8.32 Å². The normalized spacial score (nSPS) is 14.1. The van der Waals surface area contributed by atoms with Crippen LogP contribution in [0.5, 0.6) is 0 Å². The maximum absolute atomic E-state index is 6.79. The lowest BCUT2D eigenvalue weighted by atomic mass is 10.1. The number of allylic oxidation sites excluding steroid dienone is 1. The Kier molecular flexibility index (Phi) is 11.4. The molecule has 2 heteroatoms. The van der Waals surface area contributed by atoms with Crippen molar-refractivity contribution in [1.29, 1.82) is 0 Å². The van der Waals surface area contributed by atoms with Gasteiger partial charge in [-0.3, -0.25) is 0 Å². The van der Waals surface area contributed by atoms with Gasteiger partial charge in [0.2, 0.25) is 8.32 Å². The Morgan fingerprint density at radius 1 is 0.773 bits per heavy atom. The molecule has 0 N–H and O–H groups in total. The van der Waals surface area contributed by atoms with Crippen LogP contribution in [0.1, 0.15) is 93.4 Å². The Hall–Kier alpha value is -0.0831. The van der Waals surface area contributed by atoms with Crippen LogP contribution in [0, 0.1) is 0 Å². The van der Waals surface area contributed by atoms with Crippen LogP contribution in [0.25, 0.3) is 0 Å². The van der Waals surface area contributed by atoms with Crippen LogP contribution < -0.4 is 0 Å². The van der Waals surface area contributed by atoms with Crippen LogP contribution in [0.4, 0.5) is 0 Å². The smallest absolute Gasteiger partial charge is 0.200 e. The zero-order chi connectivity index (χ0) is 17.2. The van der Waals surface area contributed by atoms with Crippen molar-refractivity contribution in [3.8, 4) is 0 Å². The molecule has 0 fully saturated rings. The zero-order valence-corrected chi connectivity index (χ0v) is 17.5. The molecule has 22 heavy (non-hydrogen) atoms. The Labute approximate surface area is 142 Å². The highest BCUT2D eigenvalue weighted by Gasteiger charge is 2.45. The molecule has 0 spiro atoms. The molecule has 1 unspecified atom stereocenters. The molecule has 0 aromatic heterocycles. The molecule has 1 atom stereocenters. The van der Waals surface area contributed by atoms with E-state index in [9.17, 15) is 0 Å². The van der Waals surface area contributed by atoms with Gasteiger partial charge in [0.05, 0.1) is 0 Å². The van der Waals surface area contributed by atoms with Gasteiger partial charge in [0.15, 0.2) is 0 Å². The molecule has 0 saturated carbocycles. The minimum Gasteiger partial charge on any atom is -0.413 e. The van der Waals surface area contributed by atoms with Crippen LogP contribution in [0.15, 0.2) is 12.7 Å². The summed E-state index contributed by atoms with van der Waals surface area (Å²) in [6.07, 6.45) is 11.5. The first kappa shape index (κ1) is 21.9. The van der Waals surface area contributed by atoms with E-state index >= 15 is 0 Å². The average molecular weight is 327 g/mol. The Morgan fingerprint density at radius 2 is 1.23 bits per heavy atom. The van der Waals surface area contributed by atoms with Gasteiger partial charge in [-0.1, -0.05) is 73.3 Å². The molecular formula is C20H42OSi. The predicted octanol–water partition coefficient (Wildman–Crippen LogP) is 7.48. The largest absolute Gasteiger partial charge is 0.413 e. The standard InChI is InChI=1S/C20H42OSi/c1-9-10-11-12-13-14-15-16-20(8)21-22(17(2)3,18(4)5)19(6)7/h9,17-20H,1,10-16H2,2-8H3. The summed E-state index contributed by atoms with van der Waals surface area (Å²) in [6, 6.07) is 0. The second-order valence-corrected chi connectivity index (χ2v) is 13.3. The van der Waals surface area contributed by atoms with Gasteiger partial charge in [0, 0.05) is 6.10 Å². The summed E-state index contributed by atoms with van der Waals surface area (Å²) >= 11 is 0. The maximum atomic E-state index is 6.79. The van der Waals surface area contributed by atoms with Gasteiger partial charge in [0.25, 0.3) is 0 Å². The Balaban J connectivity index is 4.24. The van der Waals surface area contributed by atoms with Gasteiger partial charge in [-0.15, -0.1) is 6.58 Å². The lowest BCUT2D eigenvalue weighted by Gasteiger charge is -2.44. The van der Waals surface area contributed by atoms with Crippen LogP contribution in [0.2, 0.25) is 16.6 Å². The highest BCUT2D eigenvalue weighted by Crippen LogP contribution is 2.43. The van der Waals surface area contributed by atoms with Crippen molar-refractivity contribution >= 4 is 8.32 Å². The molecule has 1 nitrogen and oxygen atoms in total. The van der Waals surface area contributed by atoms with Crippen molar-refractivity contribution in [2.45, 2.75) is 116 Å². The third-order valence-electron chi connectivity index (χ3n) is 5.13. The van der Waals surface area contributed by atoms with Gasteiger partial charge in [0.1, 0.15) is 0 Å². The first-order chi connectivity index (χ1) is 10.3. The van der Waals surface area contributed by atoms with Crippen molar-refractivity contribution in [3.63, 3.8) is 0 Å². The van der Waals surface area contributed by atoms with Crippen molar-refractivity contribution < 1.29 is 4.43 Å². The molecule has 0 aliphatic heterocycles. The lowest BCUT2D eigenvalue weighted by molar-refractivity contribution is 0.178. The van der Waals surface area contributed by atoms with Crippen LogP contribution in [-0.2, 0) is 4.43 Å². The summed E-state index contributed by atoms with van der Waals surface area (Å²) in [4.78, 5) is 0. The SMILES string of the molecule is C=CCCCCCCCC(C)O[Si](C(C)C)(C(C)C)C(C)C. The fourth-order valence-electron chi connectivity index (χ4n) is 4.07. The molecule has 0 radical (unpaired) electrons. The first-order valence-corrected chi connectivity index (χ1v) is 11.7. The summed E-state index contributed by atoms with van der Waals surface area (Å²) in [6.45, 7) is 20.3. The fourth-order valence-corrected chi connectivity index (χ4v) is 9.70. The number of hydrogen-bond acceptors (Lipinski definition) is 1. The number of rotatable bonds is 13. The summed E-state index contributed by atoms with van der Waals surface area (Å²) < 4.78 is 6.79. The molecular weight excluding hydrogens is 284 g/mol. The van der Waals surface area contributed by atoms with E-state index in [-0.39, 0.29) is 0 Å². The van der Waals surface area contributed by atoms with E-state index in [4.69, 9.17) is 4.43 Å². The lowest BCUT2D eigenvalue weighted by Crippen LogP contribution is -2.49. The number of unbranched alkanes of at least 4 members (excludes halogenated alkanes) is 5. The maximum Gasteiger partial charge on any atom is 0.200 e. The Bertz CT molecular complexity index is 262. The van der Waals surface area contributed by atoms with Crippen LogP contribution in [-0.4, -0.2) is 14.4 Å². The van der Waals surface area contributed by atoms with E-state index in [1.54, 1.807) is 0 Å².